The van der Waals surface area contributed by atoms with Gasteiger partial charge in [0.05, 0.1) is 7.11 Å². The number of hydrazine groups is 1. The number of carbonyl (C=O) groups excluding carboxylic acids is 2. The van der Waals surface area contributed by atoms with Crippen molar-refractivity contribution >= 4 is 11.8 Å². The molecule has 0 unspecified atom stereocenters. The summed E-state index contributed by atoms with van der Waals surface area (Å²) in [5.74, 6) is -0.180. The van der Waals surface area contributed by atoms with E-state index in [1.165, 1.54) is 7.11 Å². The summed E-state index contributed by atoms with van der Waals surface area (Å²) in [6.45, 7) is 2.02. The largest absolute Gasteiger partial charge is 0.497 e. The van der Waals surface area contributed by atoms with Crippen LogP contribution >= 0.6 is 0 Å². The molecule has 5 nitrogen and oxygen atoms in total. The molecule has 0 aliphatic heterocycles. The normalized spacial score (nSPS) is 9.91. The molecular weight excluding hydrogens is 280 g/mol. The van der Waals surface area contributed by atoms with Crippen LogP contribution in [-0.4, -0.2) is 18.9 Å². The van der Waals surface area contributed by atoms with Gasteiger partial charge in [0.2, 0.25) is 0 Å². The Morgan fingerprint density at radius 3 is 2.14 bits per heavy atom. The first-order valence-corrected chi connectivity index (χ1v) is 6.97. The van der Waals surface area contributed by atoms with Gasteiger partial charge in [-0.25, -0.2) is 0 Å². The third-order valence-corrected chi connectivity index (χ3v) is 3.22. The van der Waals surface area contributed by atoms with Crippen molar-refractivity contribution in [1.82, 2.24) is 10.9 Å². The predicted octanol–water partition coefficient (Wildman–Crippen LogP) is 2.33. The number of amides is 2. The first-order chi connectivity index (χ1) is 10.6. The van der Waals surface area contributed by atoms with Gasteiger partial charge in [-0.2, -0.15) is 0 Å². The highest BCUT2D eigenvalue weighted by Gasteiger charge is 2.10. The van der Waals surface area contributed by atoms with Crippen molar-refractivity contribution in [3.63, 3.8) is 0 Å². The maximum atomic E-state index is 12.0. The third-order valence-electron chi connectivity index (χ3n) is 3.22. The SMILES string of the molecule is CCc1cccc(C(=O)NNC(=O)c2cccc(OC)c2)c1. The Labute approximate surface area is 129 Å². The highest BCUT2D eigenvalue weighted by atomic mass is 16.5. The van der Waals surface area contributed by atoms with Gasteiger partial charge in [-0.15, -0.1) is 0 Å². The average molecular weight is 298 g/mol. The summed E-state index contributed by atoms with van der Waals surface area (Å²) >= 11 is 0. The van der Waals surface area contributed by atoms with Gasteiger partial charge in [0.15, 0.2) is 0 Å². The minimum absolute atomic E-state index is 0.355. The van der Waals surface area contributed by atoms with Crippen molar-refractivity contribution in [1.29, 1.82) is 0 Å². The number of hydrogen-bond acceptors (Lipinski definition) is 3. The molecule has 2 aromatic rings. The lowest BCUT2D eigenvalue weighted by Gasteiger charge is -2.09. The smallest absolute Gasteiger partial charge is 0.269 e. The Balaban J connectivity index is 1.99. The predicted molar refractivity (Wildman–Crippen MR) is 83.7 cm³/mol. The summed E-state index contributed by atoms with van der Waals surface area (Å²) in [5, 5.41) is 0. The number of hydrogen-bond donors (Lipinski definition) is 2. The lowest BCUT2D eigenvalue weighted by atomic mass is 10.1. The Morgan fingerprint density at radius 2 is 1.55 bits per heavy atom. The standard InChI is InChI=1S/C17H18N2O3/c1-3-12-6-4-7-13(10-12)16(20)18-19-17(21)14-8-5-9-15(11-14)22-2/h4-11H,3H2,1-2H3,(H,18,20)(H,19,21). The molecule has 0 radical (unpaired) electrons. The topological polar surface area (TPSA) is 67.4 Å². The van der Waals surface area contributed by atoms with Crippen LogP contribution < -0.4 is 15.6 Å². The monoisotopic (exact) mass is 298 g/mol. The molecule has 0 spiro atoms. The Bertz CT molecular complexity index is 624. The van der Waals surface area contributed by atoms with E-state index in [2.05, 4.69) is 10.9 Å². The molecule has 2 N–H and O–H groups in total. The molecule has 2 rings (SSSR count). The quantitative estimate of drug-likeness (QED) is 0.851. The molecule has 0 aliphatic carbocycles. The van der Waals surface area contributed by atoms with E-state index in [-0.39, 0.29) is 5.91 Å². The molecule has 0 fully saturated rings. The first-order valence-electron chi connectivity index (χ1n) is 6.97. The van der Waals surface area contributed by atoms with Gasteiger partial charge < -0.3 is 4.74 Å². The van der Waals surface area contributed by atoms with Crippen molar-refractivity contribution in [2.75, 3.05) is 7.11 Å². The fourth-order valence-corrected chi connectivity index (χ4v) is 1.95. The second-order valence-electron chi connectivity index (χ2n) is 4.69. The first kappa shape index (κ1) is 15.6. The van der Waals surface area contributed by atoms with E-state index < -0.39 is 5.91 Å². The van der Waals surface area contributed by atoms with Crippen LogP contribution in [0.25, 0.3) is 0 Å². The Hall–Kier alpha value is -2.82. The minimum Gasteiger partial charge on any atom is -0.497 e. The van der Waals surface area contributed by atoms with Gasteiger partial charge in [0.1, 0.15) is 5.75 Å². The van der Waals surface area contributed by atoms with E-state index in [4.69, 9.17) is 4.74 Å². The molecule has 0 heterocycles. The molecule has 0 saturated heterocycles. The zero-order valence-corrected chi connectivity index (χ0v) is 12.6. The molecule has 0 saturated carbocycles. The minimum atomic E-state index is -0.404. The molecular formula is C17H18N2O3. The maximum absolute atomic E-state index is 12.0. The van der Waals surface area contributed by atoms with Gasteiger partial charge in [0, 0.05) is 11.1 Å². The Morgan fingerprint density at radius 1 is 0.955 bits per heavy atom. The summed E-state index contributed by atoms with van der Waals surface area (Å²) in [7, 11) is 1.53. The molecule has 22 heavy (non-hydrogen) atoms. The highest BCUT2D eigenvalue weighted by molar-refractivity contribution is 5.99. The van der Waals surface area contributed by atoms with Crippen LogP contribution in [0.5, 0.6) is 5.75 Å². The van der Waals surface area contributed by atoms with Gasteiger partial charge in [0.25, 0.3) is 11.8 Å². The second-order valence-corrected chi connectivity index (χ2v) is 4.69. The van der Waals surface area contributed by atoms with Crippen LogP contribution in [0.3, 0.4) is 0 Å². The van der Waals surface area contributed by atoms with Gasteiger partial charge in [-0.3, -0.25) is 20.4 Å². The van der Waals surface area contributed by atoms with Crippen LogP contribution in [0.1, 0.15) is 33.2 Å². The van der Waals surface area contributed by atoms with Gasteiger partial charge >= 0.3 is 0 Å². The number of rotatable bonds is 4. The fourth-order valence-electron chi connectivity index (χ4n) is 1.95. The lowest BCUT2D eigenvalue weighted by Crippen LogP contribution is -2.41. The number of benzene rings is 2. The highest BCUT2D eigenvalue weighted by Crippen LogP contribution is 2.12. The molecule has 0 aromatic heterocycles. The van der Waals surface area contributed by atoms with E-state index >= 15 is 0 Å². The fraction of sp³-hybridized carbons (Fsp3) is 0.176. The van der Waals surface area contributed by atoms with E-state index in [1.54, 1.807) is 36.4 Å². The lowest BCUT2D eigenvalue weighted by molar-refractivity contribution is 0.0846. The van der Waals surface area contributed by atoms with Crippen molar-refractivity contribution in [2.45, 2.75) is 13.3 Å². The van der Waals surface area contributed by atoms with E-state index in [1.807, 2.05) is 19.1 Å². The van der Waals surface area contributed by atoms with Crippen molar-refractivity contribution in [2.24, 2.45) is 0 Å². The summed E-state index contributed by atoms with van der Waals surface area (Å²) < 4.78 is 5.06. The number of carbonyl (C=O) groups is 2. The van der Waals surface area contributed by atoms with Crippen LogP contribution in [0.15, 0.2) is 48.5 Å². The van der Waals surface area contributed by atoms with Crippen LogP contribution in [0.2, 0.25) is 0 Å². The zero-order valence-electron chi connectivity index (χ0n) is 12.6. The summed E-state index contributed by atoms with van der Waals surface area (Å²) in [6.07, 6.45) is 0.845. The summed E-state index contributed by atoms with van der Waals surface area (Å²) in [4.78, 5) is 24.0. The summed E-state index contributed by atoms with van der Waals surface area (Å²) in [5.41, 5.74) is 6.77. The zero-order chi connectivity index (χ0) is 15.9. The molecule has 5 heteroatoms. The average Bonchev–Trinajstić information content (AvgIpc) is 2.59. The van der Waals surface area contributed by atoms with E-state index in [0.29, 0.717) is 16.9 Å². The maximum Gasteiger partial charge on any atom is 0.269 e. The second kappa shape index (κ2) is 7.26. The molecule has 114 valence electrons. The molecule has 0 bridgehead atoms. The molecule has 2 aromatic carbocycles. The van der Waals surface area contributed by atoms with Crippen molar-refractivity contribution < 1.29 is 14.3 Å². The number of nitrogens with one attached hydrogen (secondary N) is 2. The van der Waals surface area contributed by atoms with E-state index in [0.717, 1.165) is 12.0 Å². The number of methoxy groups -OCH3 is 1. The van der Waals surface area contributed by atoms with E-state index in [9.17, 15) is 9.59 Å². The third kappa shape index (κ3) is 3.85. The van der Waals surface area contributed by atoms with Crippen LogP contribution in [0, 0.1) is 0 Å². The molecule has 2 amide bonds. The van der Waals surface area contributed by atoms with Gasteiger partial charge in [-0.1, -0.05) is 25.1 Å². The van der Waals surface area contributed by atoms with Crippen LogP contribution in [0.4, 0.5) is 0 Å². The van der Waals surface area contributed by atoms with Crippen LogP contribution in [-0.2, 0) is 6.42 Å². The van der Waals surface area contributed by atoms with Gasteiger partial charge in [-0.05, 0) is 42.3 Å². The number of aryl methyl sites for hydroxylation is 1. The molecule has 0 atom stereocenters. The van der Waals surface area contributed by atoms with Crippen molar-refractivity contribution in [3.05, 3.63) is 65.2 Å². The molecule has 0 aliphatic rings. The summed E-state index contributed by atoms with van der Waals surface area (Å²) in [6, 6.07) is 14.0. The number of ether oxygens (including phenoxy) is 1. The Kier molecular flexibility index (Phi) is 5.14. The van der Waals surface area contributed by atoms with Crippen molar-refractivity contribution in [3.8, 4) is 5.75 Å².